The van der Waals surface area contributed by atoms with Crippen molar-refractivity contribution in [2.45, 2.75) is 6.92 Å². The Kier molecular flexibility index (Phi) is 5.97. The molecule has 0 atom stereocenters. The van der Waals surface area contributed by atoms with Crippen molar-refractivity contribution in [3.63, 3.8) is 0 Å². The Labute approximate surface area is 158 Å². The van der Waals surface area contributed by atoms with E-state index in [1.54, 1.807) is 30.3 Å². The Morgan fingerprint density at radius 2 is 1.81 bits per heavy atom. The van der Waals surface area contributed by atoms with Gasteiger partial charge in [-0.2, -0.15) is 0 Å². The number of carbonyl (C=O) groups excluding carboxylic acids is 2. The lowest BCUT2D eigenvalue weighted by molar-refractivity contribution is 0.0600. The summed E-state index contributed by atoms with van der Waals surface area (Å²) in [6.07, 6.45) is 1.41. The highest BCUT2D eigenvalue weighted by Crippen LogP contribution is 2.16. The predicted molar refractivity (Wildman–Crippen MR) is 102 cm³/mol. The number of amides is 1. The standard InChI is InChI=1S/C19H23N5O3/c1-3-23-8-10-24(11-9-23)17-12-16(20-13-21-17)18(25)22-15-6-4-14(5-7-15)19(26)27-2/h4-7,12-13H,3,8-11H2,1-2H3,(H,22,25). The highest BCUT2D eigenvalue weighted by molar-refractivity contribution is 6.03. The number of aromatic nitrogens is 2. The Balaban J connectivity index is 1.66. The summed E-state index contributed by atoms with van der Waals surface area (Å²) in [5.74, 6) is 0.0140. The third kappa shape index (κ3) is 4.59. The van der Waals surface area contributed by atoms with Gasteiger partial charge in [0, 0.05) is 37.9 Å². The molecule has 2 aromatic rings. The molecule has 1 aromatic carbocycles. The lowest BCUT2D eigenvalue weighted by Gasteiger charge is -2.34. The zero-order valence-corrected chi connectivity index (χ0v) is 15.5. The predicted octanol–water partition coefficient (Wildman–Crippen LogP) is 1.66. The first-order chi connectivity index (χ1) is 13.1. The van der Waals surface area contributed by atoms with Crippen LogP contribution in [0.1, 0.15) is 27.8 Å². The lowest BCUT2D eigenvalue weighted by atomic mass is 10.2. The van der Waals surface area contributed by atoms with E-state index in [1.165, 1.54) is 13.4 Å². The summed E-state index contributed by atoms with van der Waals surface area (Å²) < 4.78 is 4.66. The lowest BCUT2D eigenvalue weighted by Crippen LogP contribution is -2.46. The number of hydrogen-bond acceptors (Lipinski definition) is 7. The van der Waals surface area contributed by atoms with Crippen molar-refractivity contribution >= 4 is 23.4 Å². The van der Waals surface area contributed by atoms with E-state index < -0.39 is 5.97 Å². The Hall–Kier alpha value is -3.00. The molecule has 0 spiro atoms. The second-order valence-corrected chi connectivity index (χ2v) is 6.21. The zero-order valence-electron chi connectivity index (χ0n) is 15.5. The van der Waals surface area contributed by atoms with E-state index in [0.29, 0.717) is 16.9 Å². The van der Waals surface area contributed by atoms with E-state index in [0.717, 1.165) is 38.5 Å². The summed E-state index contributed by atoms with van der Waals surface area (Å²) in [6.45, 7) is 6.91. The van der Waals surface area contributed by atoms with Crippen LogP contribution in [-0.4, -0.2) is 66.6 Å². The van der Waals surface area contributed by atoms with Gasteiger partial charge in [0.1, 0.15) is 17.8 Å². The van der Waals surface area contributed by atoms with Gasteiger partial charge in [0.2, 0.25) is 0 Å². The molecule has 142 valence electrons. The van der Waals surface area contributed by atoms with Crippen LogP contribution in [0.2, 0.25) is 0 Å². The second kappa shape index (κ2) is 8.59. The van der Waals surface area contributed by atoms with E-state index in [9.17, 15) is 9.59 Å². The number of ether oxygens (including phenoxy) is 1. The molecule has 8 nitrogen and oxygen atoms in total. The van der Waals surface area contributed by atoms with E-state index in [-0.39, 0.29) is 5.91 Å². The molecular weight excluding hydrogens is 346 g/mol. The smallest absolute Gasteiger partial charge is 0.337 e. The van der Waals surface area contributed by atoms with Gasteiger partial charge in [0.25, 0.3) is 5.91 Å². The average molecular weight is 369 g/mol. The number of nitrogens with zero attached hydrogens (tertiary/aromatic N) is 4. The second-order valence-electron chi connectivity index (χ2n) is 6.21. The van der Waals surface area contributed by atoms with Crippen LogP contribution < -0.4 is 10.2 Å². The molecule has 1 aliphatic heterocycles. The van der Waals surface area contributed by atoms with Gasteiger partial charge in [0.05, 0.1) is 12.7 Å². The highest BCUT2D eigenvalue weighted by atomic mass is 16.5. The van der Waals surface area contributed by atoms with E-state index >= 15 is 0 Å². The van der Waals surface area contributed by atoms with Gasteiger partial charge in [-0.15, -0.1) is 0 Å². The Morgan fingerprint density at radius 1 is 1.11 bits per heavy atom. The maximum Gasteiger partial charge on any atom is 0.337 e. The van der Waals surface area contributed by atoms with Crippen molar-refractivity contribution in [1.29, 1.82) is 0 Å². The molecule has 1 aliphatic rings. The van der Waals surface area contributed by atoms with Crippen LogP contribution in [0.5, 0.6) is 0 Å². The van der Waals surface area contributed by atoms with Crippen LogP contribution >= 0.6 is 0 Å². The molecular formula is C19H23N5O3. The highest BCUT2D eigenvalue weighted by Gasteiger charge is 2.18. The Morgan fingerprint density at radius 3 is 2.44 bits per heavy atom. The van der Waals surface area contributed by atoms with Crippen molar-refractivity contribution in [3.8, 4) is 0 Å². The molecule has 3 rings (SSSR count). The molecule has 1 saturated heterocycles. The van der Waals surface area contributed by atoms with Crippen molar-refractivity contribution in [2.75, 3.05) is 50.1 Å². The maximum absolute atomic E-state index is 12.5. The van der Waals surface area contributed by atoms with Crippen LogP contribution in [0.3, 0.4) is 0 Å². The third-order valence-electron chi connectivity index (χ3n) is 4.59. The van der Waals surface area contributed by atoms with Crippen molar-refractivity contribution in [2.24, 2.45) is 0 Å². The van der Waals surface area contributed by atoms with Crippen LogP contribution in [0.25, 0.3) is 0 Å². The average Bonchev–Trinajstić information content (AvgIpc) is 2.74. The van der Waals surface area contributed by atoms with E-state index in [1.807, 2.05) is 0 Å². The van der Waals surface area contributed by atoms with Gasteiger partial charge in [-0.1, -0.05) is 6.92 Å². The van der Waals surface area contributed by atoms with Gasteiger partial charge in [-0.3, -0.25) is 4.79 Å². The van der Waals surface area contributed by atoms with Crippen molar-refractivity contribution in [1.82, 2.24) is 14.9 Å². The molecule has 2 heterocycles. The number of methoxy groups -OCH3 is 1. The van der Waals surface area contributed by atoms with Gasteiger partial charge in [-0.05, 0) is 30.8 Å². The number of esters is 1. The first kappa shape index (κ1) is 18.8. The topological polar surface area (TPSA) is 87.7 Å². The number of nitrogens with one attached hydrogen (secondary N) is 1. The number of hydrogen-bond donors (Lipinski definition) is 1. The largest absolute Gasteiger partial charge is 0.465 e. The molecule has 0 aliphatic carbocycles. The third-order valence-corrected chi connectivity index (χ3v) is 4.59. The first-order valence-corrected chi connectivity index (χ1v) is 8.89. The number of benzene rings is 1. The van der Waals surface area contributed by atoms with E-state index in [4.69, 9.17) is 0 Å². The summed E-state index contributed by atoms with van der Waals surface area (Å²) in [7, 11) is 1.33. The summed E-state index contributed by atoms with van der Waals surface area (Å²) in [6, 6.07) is 8.20. The molecule has 8 heteroatoms. The SMILES string of the molecule is CCN1CCN(c2cc(C(=O)Nc3ccc(C(=O)OC)cc3)ncn2)CC1. The number of likely N-dealkylation sites (N-methyl/N-ethyl adjacent to an activating group) is 1. The van der Waals surface area contributed by atoms with Crippen LogP contribution in [0, 0.1) is 0 Å². The molecule has 1 amide bonds. The normalized spacial score (nSPS) is 14.7. The van der Waals surface area contributed by atoms with E-state index in [2.05, 4.69) is 36.7 Å². The van der Waals surface area contributed by atoms with Crippen LogP contribution in [0.4, 0.5) is 11.5 Å². The molecule has 0 unspecified atom stereocenters. The molecule has 0 saturated carbocycles. The Bertz CT molecular complexity index is 801. The number of rotatable bonds is 5. The molecule has 1 N–H and O–H groups in total. The monoisotopic (exact) mass is 369 g/mol. The van der Waals surface area contributed by atoms with Gasteiger partial charge < -0.3 is 19.9 Å². The molecule has 1 fully saturated rings. The fraction of sp³-hybridized carbons (Fsp3) is 0.368. The molecule has 27 heavy (non-hydrogen) atoms. The zero-order chi connectivity index (χ0) is 19.2. The summed E-state index contributed by atoms with van der Waals surface area (Å²) in [5, 5.41) is 2.78. The van der Waals surface area contributed by atoms with Crippen molar-refractivity contribution in [3.05, 3.63) is 47.9 Å². The van der Waals surface area contributed by atoms with Crippen LogP contribution in [-0.2, 0) is 4.74 Å². The van der Waals surface area contributed by atoms with Crippen LogP contribution in [0.15, 0.2) is 36.7 Å². The summed E-state index contributed by atoms with van der Waals surface area (Å²) >= 11 is 0. The molecule has 1 aromatic heterocycles. The minimum atomic E-state index is -0.420. The minimum absolute atomic E-state index is 0.301. The summed E-state index contributed by atoms with van der Waals surface area (Å²) in [4.78, 5) is 36.9. The number of piperazine rings is 1. The fourth-order valence-corrected chi connectivity index (χ4v) is 2.94. The first-order valence-electron chi connectivity index (χ1n) is 8.89. The summed E-state index contributed by atoms with van der Waals surface area (Å²) in [5.41, 5.74) is 1.30. The minimum Gasteiger partial charge on any atom is -0.465 e. The maximum atomic E-state index is 12.5. The quantitative estimate of drug-likeness (QED) is 0.802. The molecule has 0 bridgehead atoms. The molecule has 0 radical (unpaired) electrons. The fourth-order valence-electron chi connectivity index (χ4n) is 2.94. The van der Waals surface area contributed by atoms with Crippen molar-refractivity contribution < 1.29 is 14.3 Å². The number of anilines is 2. The van der Waals surface area contributed by atoms with Gasteiger partial charge in [0.15, 0.2) is 0 Å². The van der Waals surface area contributed by atoms with Gasteiger partial charge in [-0.25, -0.2) is 14.8 Å². The van der Waals surface area contributed by atoms with Gasteiger partial charge >= 0.3 is 5.97 Å². The number of carbonyl (C=O) groups is 2.